The lowest BCUT2D eigenvalue weighted by Gasteiger charge is -2.15. The predicted octanol–water partition coefficient (Wildman–Crippen LogP) is 1.40. The van der Waals surface area contributed by atoms with Gasteiger partial charge < -0.3 is 24.7 Å². The molecule has 0 radical (unpaired) electrons. The molecule has 2 atom stereocenters. The van der Waals surface area contributed by atoms with Crippen LogP contribution in [0.25, 0.3) is 0 Å². The van der Waals surface area contributed by atoms with Gasteiger partial charge in [0.1, 0.15) is 36.9 Å². The standard InChI is InChI=1S/C15H24N2O6/c1-11(2)16-8-13(18)10-22-15-6-4-14(5-7-15)21-9-12(3)23-17(19)20/h4-7,11-13,16,18H,8-10H2,1-3H3. The van der Waals surface area contributed by atoms with Gasteiger partial charge in [-0.15, -0.1) is 10.1 Å². The summed E-state index contributed by atoms with van der Waals surface area (Å²) in [5.41, 5.74) is 0. The lowest BCUT2D eigenvalue weighted by molar-refractivity contribution is -0.767. The zero-order valence-electron chi connectivity index (χ0n) is 13.6. The SMILES string of the molecule is CC(C)NCC(O)COc1ccc(OCC(C)O[N+](=O)[O-])cc1. The van der Waals surface area contributed by atoms with Gasteiger partial charge in [-0.1, -0.05) is 13.8 Å². The van der Waals surface area contributed by atoms with Crippen LogP contribution in [0.5, 0.6) is 11.5 Å². The first-order valence-corrected chi connectivity index (χ1v) is 7.45. The summed E-state index contributed by atoms with van der Waals surface area (Å²) in [6.07, 6.45) is -1.24. The lowest BCUT2D eigenvalue weighted by atomic mass is 10.3. The van der Waals surface area contributed by atoms with E-state index in [9.17, 15) is 15.2 Å². The van der Waals surface area contributed by atoms with Gasteiger partial charge in [0, 0.05) is 12.6 Å². The van der Waals surface area contributed by atoms with E-state index >= 15 is 0 Å². The molecule has 0 saturated heterocycles. The minimum Gasteiger partial charge on any atom is -0.491 e. The molecular formula is C15H24N2O6. The molecule has 2 unspecified atom stereocenters. The molecule has 0 aliphatic carbocycles. The normalized spacial score (nSPS) is 13.4. The minimum atomic E-state index is -0.843. The molecular weight excluding hydrogens is 304 g/mol. The maximum Gasteiger partial charge on any atom is 0.294 e. The van der Waals surface area contributed by atoms with Crippen molar-refractivity contribution < 1.29 is 24.5 Å². The first kappa shape index (κ1) is 19.0. The van der Waals surface area contributed by atoms with Crippen molar-refractivity contribution in [2.75, 3.05) is 19.8 Å². The van der Waals surface area contributed by atoms with E-state index in [0.29, 0.717) is 24.1 Å². The van der Waals surface area contributed by atoms with Crippen molar-refractivity contribution in [1.29, 1.82) is 0 Å². The Morgan fingerprint density at radius 2 is 1.65 bits per heavy atom. The molecule has 1 aromatic carbocycles. The second kappa shape index (κ2) is 9.86. The topological polar surface area (TPSA) is 103 Å². The summed E-state index contributed by atoms with van der Waals surface area (Å²) < 4.78 is 10.8. The number of hydrogen-bond acceptors (Lipinski definition) is 7. The Kier molecular flexibility index (Phi) is 8.14. The molecule has 23 heavy (non-hydrogen) atoms. The van der Waals surface area contributed by atoms with Crippen molar-refractivity contribution >= 4 is 0 Å². The van der Waals surface area contributed by atoms with Gasteiger partial charge in [-0.3, -0.25) is 0 Å². The van der Waals surface area contributed by atoms with E-state index in [1.807, 2.05) is 13.8 Å². The van der Waals surface area contributed by atoms with Gasteiger partial charge >= 0.3 is 0 Å². The molecule has 0 fully saturated rings. The molecule has 0 saturated carbocycles. The highest BCUT2D eigenvalue weighted by molar-refractivity contribution is 5.31. The second-order valence-corrected chi connectivity index (χ2v) is 5.45. The molecule has 0 aliphatic heterocycles. The molecule has 2 N–H and O–H groups in total. The zero-order valence-corrected chi connectivity index (χ0v) is 13.6. The van der Waals surface area contributed by atoms with Crippen molar-refractivity contribution in [3.8, 4) is 11.5 Å². The summed E-state index contributed by atoms with van der Waals surface area (Å²) in [4.78, 5) is 14.5. The summed E-state index contributed by atoms with van der Waals surface area (Å²) >= 11 is 0. The number of hydrogen-bond donors (Lipinski definition) is 2. The molecule has 0 heterocycles. The molecule has 0 amide bonds. The van der Waals surface area contributed by atoms with E-state index in [0.717, 1.165) is 0 Å². The fourth-order valence-electron chi connectivity index (χ4n) is 1.65. The van der Waals surface area contributed by atoms with E-state index in [4.69, 9.17) is 9.47 Å². The largest absolute Gasteiger partial charge is 0.491 e. The van der Waals surface area contributed by atoms with Gasteiger partial charge in [0.15, 0.2) is 0 Å². The van der Waals surface area contributed by atoms with E-state index in [1.54, 1.807) is 31.2 Å². The smallest absolute Gasteiger partial charge is 0.294 e. The van der Waals surface area contributed by atoms with Gasteiger partial charge in [-0.25, -0.2) is 0 Å². The summed E-state index contributed by atoms with van der Waals surface area (Å²) in [5, 5.41) is 22.2. The van der Waals surface area contributed by atoms with Gasteiger partial charge in [-0.2, -0.15) is 0 Å². The molecule has 0 bridgehead atoms. The molecule has 130 valence electrons. The maximum atomic E-state index is 10.2. The van der Waals surface area contributed by atoms with Crippen LogP contribution in [0.4, 0.5) is 0 Å². The van der Waals surface area contributed by atoms with Gasteiger partial charge in [0.2, 0.25) is 0 Å². The number of nitrogens with one attached hydrogen (secondary N) is 1. The molecule has 0 aromatic heterocycles. The maximum absolute atomic E-state index is 10.2. The van der Waals surface area contributed by atoms with Crippen LogP contribution in [0, 0.1) is 10.1 Å². The highest BCUT2D eigenvalue weighted by Gasteiger charge is 2.08. The Balaban J connectivity index is 2.31. The lowest BCUT2D eigenvalue weighted by Crippen LogP contribution is -2.35. The van der Waals surface area contributed by atoms with Crippen molar-refractivity contribution in [1.82, 2.24) is 5.32 Å². The van der Waals surface area contributed by atoms with Gasteiger partial charge in [0.25, 0.3) is 5.09 Å². The van der Waals surface area contributed by atoms with E-state index in [2.05, 4.69) is 10.2 Å². The highest BCUT2D eigenvalue weighted by Crippen LogP contribution is 2.18. The van der Waals surface area contributed by atoms with E-state index in [-0.39, 0.29) is 13.2 Å². The molecule has 1 aromatic rings. The predicted molar refractivity (Wildman–Crippen MR) is 84.1 cm³/mol. The van der Waals surface area contributed by atoms with Crippen LogP contribution < -0.4 is 14.8 Å². The van der Waals surface area contributed by atoms with Crippen LogP contribution in [0.15, 0.2) is 24.3 Å². The van der Waals surface area contributed by atoms with Crippen molar-refractivity contribution in [3.63, 3.8) is 0 Å². The quantitative estimate of drug-likeness (QED) is 0.467. The number of nitrogens with zero attached hydrogens (tertiary/aromatic N) is 1. The number of benzene rings is 1. The zero-order chi connectivity index (χ0) is 17.2. The summed E-state index contributed by atoms with van der Waals surface area (Å²) in [6.45, 7) is 6.28. The Morgan fingerprint density at radius 1 is 1.13 bits per heavy atom. The van der Waals surface area contributed by atoms with Crippen molar-refractivity contribution in [2.24, 2.45) is 0 Å². The number of rotatable bonds is 11. The second-order valence-electron chi connectivity index (χ2n) is 5.45. The Hall–Kier alpha value is -2.06. The third-order valence-electron chi connectivity index (χ3n) is 2.78. The van der Waals surface area contributed by atoms with E-state index < -0.39 is 17.3 Å². The highest BCUT2D eigenvalue weighted by atomic mass is 17.0. The molecule has 1 rings (SSSR count). The fourth-order valence-corrected chi connectivity index (χ4v) is 1.65. The number of aliphatic hydroxyl groups is 1. The van der Waals surface area contributed by atoms with E-state index in [1.165, 1.54) is 0 Å². The molecule has 8 nitrogen and oxygen atoms in total. The van der Waals surface area contributed by atoms with Crippen LogP contribution in [-0.2, 0) is 4.84 Å². The third kappa shape index (κ3) is 8.84. The van der Waals surface area contributed by atoms with Crippen molar-refractivity contribution in [3.05, 3.63) is 34.4 Å². The first-order chi connectivity index (χ1) is 10.9. The summed E-state index contributed by atoms with van der Waals surface area (Å²) in [6, 6.07) is 7.09. The monoisotopic (exact) mass is 328 g/mol. The summed E-state index contributed by atoms with van der Waals surface area (Å²) in [5.74, 6) is 1.16. The molecule has 0 spiro atoms. The van der Waals surface area contributed by atoms with Crippen LogP contribution in [0.3, 0.4) is 0 Å². The Bertz CT molecular complexity index is 466. The van der Waals surface area contributed by atoms with Crippen molar-refractivity contribution in [2.45, 2.75) is 39.0 Å². The number of ether oxygens (including phenoxy) is 2. The van der Waals surface area contributed by atoms with Crippen LogP contribution in [0.2, 0.25) is 0 Å². The molecule has 0 aliphatic rings. The number of aliphatic hydroxyl groups excluding tert-OH is 1. The van der Waals surface area contributed by atoms with Crippen LogP contribution in [-0.4, -0.2) is 48.2 Å². The average Bonchev–Trinajstić information content (AvgIpc) is 2.49. The summed E-state index contributed by atoms with van der Waals surface area (Å²) in [7, 11) is 0. The minimum absolute atomic E-state index is 0.0702. The Morgan fingerprint density at radius 3 is 2.13 bits per heavy atom. The van der Waals surface area contributed by atoms with Gasteiger partial charge in [0.05, 0.1) is 0 Å². The van der Waals surface area contributed by atoms with Crippen LogP contribution >= 0.6 is 0 Å². The fraction of sp³-hybridized carbons (Fsp3) is 0.600. The average molecular weight is 328 g/mol. The Labute approximate surface area is 135 Å². The van der Waals surface area contributed by atoms with Crippen LogP contribution in [0.1, 0.15) is 20.8 Å². The van der Waals surface area contributed by atoms with Gasteiger partial charge in [-0.05, 0) is 31.2 Å². The first-order valence-electron chi connectivity index (χ1n) is 7.45. The molecule has 8 heteroatoms. The third-order valence-corrected chi connectivity index (χ3v) is 2.78.